The Labute approximate surface area is 144 Å². The molecule has 0 spiro atoms. The van der Waals surface area contributed by atoms with Crippen molar-refractivity contribution in [2.75, 3.05) is 0 Å². The summed E-state index contributed by atoms with van der Waals surface area (Å²) >= 11 is 0. The van der Waals surface area contributed by atoms with Crippen LogP contribution >= 0.6 is 0 Å². The molecule has 0 saturated carbocycles. The van der Waals surface area contributed by atoms with Gasteiger partial charge in [-0.05, 0) is 12.1 Å². The summed E-state index contributed by atoms with van der Waals surface area (Å²) in [7, 11) is 0. The highest BCUT2D eigenvalue weighted by Crippen LogP contribution is 2.43. The van der Waals surface area contributed by atoms with Gasteiger partial charge in [0.2, 0.25) is 0 Å². The predicted molar refractivity (Wildman–Crippen MR) is 93.1 cm³/mol. The number of esters is 2. The van der Waals surface area contributed by atoms with E-state index in [4.69, 9.17) is 14.2 Å². The molecule has 5 nitrogen and oxygen atoms in total. The maximum absolute atomic E-state index is 11.6. The van der Waals surface area contributed by atoms with Gasteiger partial charge in [0.15, 0.2) is 11.5 Å². The lowest BCUT2D eigenvalue weighted by atomic mass is 10.1. The minimum Gasteiger partial charge on any atom is -0.453 e. The van der Waals surface area contributed by atoms with Gasteiger partial charge in [0.1, 0.15) is 11.5 Å². The Morgan fingerprint density at radius 1 is 0.720 bits per heavy atom. The standard InChI is InChI=1S/C20H16O5/c1-13(21)23-18-12-19(25-15-8-4-3-5-9-15)20(24-14(2)22)17-11-7-6-10-16(17)18/h3-12H,1-2H3. The van der Waals surface area contributed by atoms with Crippen LogP contribution in [0.5, 0.6) is 23.0 Å². The Kier molecular flexibility index (Phi) is 4.66. The number of rotatable bonds is 4. The van der Waals surface area contributed by atoms with Crippen molar-refractivity contribution in [2.45, 2.75) is 13.8 Å². The van der Waals surface area contributed by atoms with Crippen molar-refractivity contribution in [2.24, 2.45) is 0 Å². The number of carbonyl (C=O) groups excluding carboxylic acids is 2. The first-order chi connectivity index (χ1) is 12.0. The van der Waals surface area contributed by atoms with Gasteiger partial charge in [-0.25, -0.2) is 0 Å². The minimum atomic E-state index is -0.469. The average Bonchev–Trinajstić information content (AvgIpc) is 2.58. The van der Waals surface area contributed by atoms with Gasteiger partial charge in [-0.3, -0.25) is 9.59 Å². The molecule has 0 atom stereocenters. The van der Waals surface area contributed by atoms with Gasteiger partial charge in [-0.15, -0.1) is 0 Å². The summed E-state index contributed by atoms with van der Waals surface area (Å²) in [5.74, 6) is 0.559. The highest BCUT2D eigenvalue weighted by Gasteiger charge is 2.18. The molecule has 0 amide bonds. The molecule has 0 unspecified atom stereocenters. The van der Waals surface area contributed by atoms with Crippen molar-refractivity contribution in [3.8, 4) is 23.0 Å². The number of hydrogen-bond donors (Lipinski definition) is 0. The van der Waals surface area contributed by atoms with Gasteiger partial charge in [0.25, 0.3) is 0 Å². The van der Waals surface area contributed by atoms with Crippen LogP contribution in [0.3, 0.4) is 0 Å². The first kappa shape index (κ1) is 16.5. The minimum absolute atomic E-state index is 0.280. The number of benzene rings is 3. The Bertz CT molecular complexity index is 931. The second kappa shape index (κ2) is 7.05. The quantitative estimate of drug-likeness (QED) is 0.519. The van der Waals surface area contributed by atoms with Crippen LogP contribution in [0.1, 0.15) is 13.8 Å². The Hall–Kier alpha value is -3.34. The molecule has 0 bridgehead atoms. The Morgan fingerprint density at radius 3 is 1.96 bits per heavy atom. The Morgan fingerprint density at radius 2 is 1.32 bits per heavy atom. The molecular formula is C20H16O5. The van der Waals surface area contributed by atoms with Crippen LogP contribution in [0.15, 0.2) is 60.7 Å². The normalized spacial score (nSPS) is 10.3. The van der Waals surface area contributed by atoms with Crippen LogP contribution in [0.4, 0.5) is 0 Å². The first-order valence-electron chi connectivity index (χ1n) is 7.70. The van der Waals surface area contributed by atoms with Crippen molar-refractivity contribution in [3.05, 3.63) is 60.7 Å². The third-order valence-electron chi connectivity index (χ3n) is 3.39. The van der Waals surface area contributed by atoms with Crippen LogP contribution in [0, 0.1) is 0 Å². The zero-order valence-corrected chi connectivity index (χ0v) is 13.8. The zero-order valence-electron chi connectivity index (χ0n) is 13.8. The Balaban J connectivity index is 2.21. The van der Waals surface area contributed by atoms with Crippen molar-refractivity contribution >= 4 is 22.7 Å². The molecule has 0 aliphatic heterocycles. The van der Waals surface area contributed by atoms with Crippen LogP contribution in [-0.2, 0) is 9.59 Å². The van der Waals surface area contributed by atoms with Gasteiger partial charge >= 0.3 is 11.9 Å². The number of fused-ring (bicyclic) bond motifs is 1. The van der Waals surface area contributed by atoms with E-state index in [0.29, 0.717) is 22.3 Å². The third kappa shape index (κ3) is 3.77. The summed E-state index contributed by atoms with van der Waals surface area (Å²) in [6.45, 7) is 2.65. The number of hydrogen-bond acceptors (Lipinski definition) is 5. The van der Waals surface area contributed by atoms with Gasteiger partial charge in [-0.1, -0.05) is 42.5 Å². The fraction of sp³-hybridized carbons (Fsp3) is 0.100. The lowest BCUT2D eigenvalue weighted by molar-refractivity contribution is -0.133. The highest BCUT2D eigenvalue weighted by atomic mass is 16.6. The van der Waals surface area contributed by atoms with E-state index in [1.54, 1.807) is 36.4 Å². The van der Waals surface area contributed by atoms with Gasteiger partial charge in [-0.2, -0.15) is 0 Å². The molecule has 0 fully saturated rings. The van der Waals surface area contributed by atoms with E-state index in [1.165, 1.54) is 13.8 Å². The molecule has 0 aromatic heterocycles. The zero-order chi connectivity index (χ0) is 17.8. The molecule has 0 N–H and O–H groups in total. The van der Waals surface area contributed by atoms with Crippen LogP contribution in [0.2, 0.25) is 0 Å². The van der Waals surface area contributed by atoms with Crippen LogP contribution in [-0.4, -0.2) is 11.9 Å². The summed E-state index contributed by atoms with van der Waals surface area (Å²) in [4.78, 5) is 23.0. The summed E-state index contributed by atoms with van der Waals surface area (Å²) in [6, 6.07) is 17.8. The molecule has 25 heavy (non-hydrogen) atoms. The maximum atomic E-state index is 11.6. The molecule has 3 aromatic carbocycles. The second-order valence-corrected chi connectivity index (χ2v) is 5.35. The molecule has 0 radical (unpaired) electrons. The van der Waals surface area contributed by atoms with E-state index >= 15 is 0 Å². The molecule has 0 saturated heterocycles. The summed E-state index contributed by atoms with van der Waals surface area (Å²) in [5.41, 5.74) is 0. The number of carbonyl (C=O) groups is 2. The fourth-order valence-corrected chi connectivity index (χ4v) is 2.47. The lowest BCUT2D eigenvalue weighted by Gasteiger charge is -2.16. The number of para-hydroxylation sites is 1. The molecule has 0 aliphatic rings. The van der Waals surface area contributed by atoms with Crippen molar-refractivity contribution in [3.63, 3.8) is 0 Å². The second-order valence-electron chi connectivity index (χ2n) is 5.35. The van der Waals surface area contributed by atoms with E-state index in [2.05, 4.69) is 0 Å². The molecule has 0 aliphatic carbocycles. The maximum Gasteiger partial charge on any atom is 0.308 e. The van der Waals surface area contributed by atoms with E-state index in [0.717, 1.165) is 0 Å². The number of ether oxygens (including phenoxy) is 3. The topological polar surface area (TPSA) is 61.8 Å². The first-order valence-corrected chi connectivity index (χ1v) is 7.70. The fourth-order valence-electron chi connectivity index (χ4n) is 2.47. The van der Waals surface area contributed by atoms with Crippen molar-refractivity contribution in [1.82, 2.24) is 0 Å². The predicted octanol–water partition coefficient (Wildman–Crippen LogP) is 4.48. The van der Waals surface area contributed by atoms with Gasteiger partial charge < -0.3 is 14.2 Å². The SMILES string of the molecule is CC(=O)Oc1cc(Oc2ccccc2)c(OC(C)=O)c2ccccc12. The summed E-state index contributed by atoms with van der Waals surface area (Å²) < 4.78 is 16.6. The molecule has 3 rings (SSSR count). The molecule has 0 heterocycles. The van der Waals surface area contributed by atoms with E-state index in [-0.39, 0.29) is 11.5 Å². The van der Waals surface area contributed by atoms with E-state index in [9.17, 15) is 9.59 Å². The van der Waals surface area contributed by atoms with Crippen molar-refractivity contribution < 1.29 is 23.8 Å². The van der Waals surface area contributed by atoms with Crippen LogP contribution in [0.25, 0.3) is 10.8 Å². The molecule has 5 heteroatoms. The van der Waals surface area contributed by atoms with Crippen molar-refractivity contribution in [1.29, 1.82) is 0 Å². The summed E-state index contributed by atoms with van der Waals surface area (Å²) in [6.07, 6.45) is 0. The summed E-state index contributed by atoms with van der Waals surface area (Å²) in [5, 5.41) is 1.26. The smallest absolute Gasteiger partial charge is 0.308 e. The van der Waals surface area contributed by atoms with Crippen LogP contribution < -0.4 is 14.2 Å². The van der Waals surface area contributed by atoms with Gasteiger partial charge in [0.05, 0.1) is 0 Å². The molecule has 3 aromatic rings. The largest absolute Gasteiger partial charge is 0.453 e. The van der Waals surface area contributed by atoms with E-state index < -0.39 is 11.9 Å². The third-order valence-corrected chi connectivity index (χ3v) is 3.39. The highest BCUT2D eigenvalue weighted by molar-refractivity contribution is 5.98. The average molecular weight is 336 g/mol. The monoisotopic (exact) mass is 336 g/mol. The molecular weight excluding hydrogens is 320 g/mol. The molecule has 126 valence electrons. The van der Waals surface area contributed by atoms with Gasteiger partial charge in [0, 0.05) is 30.7 Å². The lowest BCUT2D eigenvalue weighted by Crippen LogP contribution is -2.06. The van der Waals surface area contributed by atoms with E-state index in [1.807, 2.05) is 24.3 Å².